The number of nitrogens with one attached hydrogen (secondary N) is 1. The number of fused-ring (bicyclic) bond motifs is 4. The maximum Gasteiger partial charge on any atom is 0.320 e. The molecule has 3 atom stereocenters. The van der Waals surface area contributed by atoms with E-state index in [1.54, 1.807) is 7.11 Å². The summed E-state index contributed by atoms with van der Waals surface area (Å²) in [5.74, 6) is 2.04. The Hall–Kier alpha value is -2.77. The van der Waals surface area contributed by atoms with Gasteiger partial charge in [-0.1, -0.05) is 12.1 Å². The minimum Gasteiger partial charge on any atom is -0.497 e. The molecule has 2 unspecified atom stereocenters. The number of carbonyl (C=O) groups excluding carboxylic acids is 3. The second-order valence-corrected chi connectivity index (χ2v) is 11.6. The second kappa shape index (κ2) is 9.27. The fourth-order valence-corrected chi connectivity index (χ4v) is 7.19. The first-order chi connectivity index (χ1) is 17.5. The highest BCUT2D eigenvalue weighted by atomic mass is 16.5. The molecular formula is C28H38N4O4. The Morgan fingerprint density at radius 2 is 1.75 bits per heavy atom. The number of benzene rings is 1. The first kappa shape index (κ1) is 23.6. The van der Waals surface area contributed by atoms with E-state index in [4.69, 9.17) is 4.74 Å². The van der Waals surface area contributed by atoms with Gasteiger partial charge < -0.3 is 24.8 Å². The molecule has 8 nitrogen and oxygen atoms in total. The number of hydrogen-bond donors (Lipinski definition) is 1. The molecule has 2 bridgehead atoms. The van der Waals surface area contributed by atoms with Crippen LogP contribution in [0.2, 0.25) is 0 Å². The van der Waals surface area contributed by atoms with Crippen LogP contribution < -0.4 is 10.1 Å². The van der Waals surface area contributed by atoms with Crippen LogP contribution in [0.3, 0.4) is 0 Å². The summed E-state index contributed by atoms with van der Waals surface area (Å²) in [6.45, 7) is 3.70. The summed E-state index contributed by atoms with van der Waals surface area (Å²) < 4.78 is 5.25. The third kappa shape index (κ3) is 4.22. The average Bonchev–Trinajstić information content (AvgIpc) is 3.72. The topological polar surface area (TPSA) is 82.2 Å². The van der Waals surface area contributed by atoms with Crippen molar-refractivity contribution in [3.63, 3.8) is 0 Å². The highest BCUT2D eigenvalue weighted by molar-refractivity contribution is 5.91. The van der Waals surface area contributed by atoms with E-state index in [0.29, 0.717) is 43.3 Å². The number of likely N-dealkylation sites (tertiary alicyclic amines) is 2. The van der Waals surface area contributed by atoms with E-state index in [1.165, 1.54) is 0 Å². The van der Waals surface area contributed by atoms with Crippen molar-refractivity contribution in [1.82, 2.24) is 20.0 Å². The Morgan fingerprint density at radius 1 is 1.00 bits per heavy atom. The number of nitrogens with zero attached hydrogens (tertiary/aromatic N) is 3. The van der Waals surface area contributed by atoms with Gasteiger partial charge in [0, 0.05) is 51.2 Å². The lowest BCUT2D eigenvalue weighted by Crippen LogP contribution is -2.62. The molecule has 4 heterocycles. The van der Waals surface area contributed by atoms with Crippen molar-refractivity contribution in [2.45, 2.75) is 68.9 Å². The lowest BCUT2D eigenvalue weighted by molar-refractivity contribution is -0.144. The average molecular weight is 495 g/mol. The number of amides is 4. The lowest BCUT2D eigenvalue weighted by Gasteiger charge is -2.53. The highest BCUT2D eigenvalue weighted by Gasteiger charge is 2.52. The lowest BCUT2D eigenvalue weighted by atomic mass is 9.76. The fourth-order valence-electron chi connectivity index (χ4n) is 7.19. The Labute approximate surface area is 213 Å². The Kier molecular flexibility index (Phi) is 6.08. The van der Waals surface area contributed by atoms with Crippen LogP contribution in [0, 0.1) is 11.8 Å². The van der Waals surface area contributed by atoms with Crippen LogP contribution in [0.5, 0.6) is 5.75 Å². The number of ether oxygens (including phenoxy) is 1. The summed E-state index contributed by atoms with van der Waals surface area (Å²) in [7, 11) is 1.65. The first-order valence-electron chi connectivity index (χ1n) is 13.8. The molecule has 4 amide bonds. The summed E-state index contributed by atoms with van der Waals surface area (Å²) in [4.78, 5) is 45.2. The molecule has 0 aromatic heterocycles. The molecule has 8 heteroatoms. The SMILES string of the molecule is COc1ccc(C2(C(=O)NC3CCN(C(=O)N4CC5CC(C4)[C@H]4CCCC(=O)N4C5)CC3)CC2)cc1. The molecule has 1 aliphatic carbocycles. The van der Waals surface area contributed by atoms with E-state index < -0.39 is 5.41 Å². The minimum atomic E-state index is -0.404. The molecule has 1 N–H and O–H groups in total. The van der Waals surface area contributed by atoms with Crippen LogP contribution in [0.1, 0.15) is 56.9 Å². The van der Waals surface area contributed by atoms with Gasteiger partial charge in [-0.05, 0) is 74.5 Å². The van der Waals surface area contributed by atoms with E-state index in [1.807, 2.05) is 29.2 Å². The Morgan fingerprint density at radius 3 is 2.44 bits per heavy atom. The van der Waals surface area contributed by atoms with Crippen molar-refractivity contribution in [3.05, 3.63) is 29.8 Å². The Bertz CT molecular complexity index is 1010. The quantitative estimate of drug-likeness (QED) is 0.698. The standard InChI is InChI=1S/C28H38N4O4/c1-36-23-7-5-21(6-8-23)28(11-12-28)26(34)29-22-9-13-30(14-10-22)27(35)31-16-19-15-20(18-31)24-3-2-4-25(33)32(24)17-19/h5-8,19-20,22,24H,2-4,9-18H2,1H3,(H,29,34)/t19?,20?,24-/m1/s1. The van der Waals surface area contributed by atoms with Crippen LogP contribution in [0.15, 0.2) is 24.3 Å². The normalized spacial score (nSPS) is 29.4. The van der Waals surface area contributed by atoms with E-state index in [-0.39, 0.29) is 18.0 Å². The van der Waals surface area contributed by atoms with Crippen molar-refractivity contribution >= 4 is 17.8 Å². The molecule has 5 fully saturated rings. The van der Waals surface area contributed by atoms with Gasteiger partial charge in [0.2, 0.25) is 11.8 Å². The summed E-state index contributed by atoms with van der Waals surface area (Å²) >= 11 is 0. The molecule has 6 rings (SSSR count). The minimum absolute atomic E-state index is 0.111. The smallest absolute Gasteiger partial charge is 0.320 e. The van der Waals surface area contributed by atoms with E-state index in [0.717, 1.165) is 75.9 Å². The third-order valence-corrected chi connectivity index (χ3v) is 9.38. The number of piperidine rings is 4. The van der Waals surface area contributed by atoms with Gasteiger partial charge in [-0.15, -0.1) is 0 Å². The summed E-state index contributed by atoms with van der Waals surface area (Å²) in [6, 6.07) is 8.42. The van der Waals surface area contributed by atoms with Gasteiger partial charge >= 0.3 is 6.03 Å². The molecule has 4 aliphatic heterocycles. The molecule has 1 aromatic rings. The van der Waals surface area contributed by atoms with E-state index in [9.17, 15) is 14.4 Å². The zero-order valence-corrected chi connectivity index (χ0v) is 21.3. The third-order valence-electron chi connectivity index (χ3n) is 9.38. The Balaban J connectivity index is 1.02. The molecule has 5 aliphatic rings. The number of hydrogen-bond acceptors (Lipinski definition) is 4. The molecule has 36 heavy (non-hydrogen) atoms. The number of carbonyl (C=O) groups is 3. The predicted molar refractivity (Wildman–Crippen MR) is 135 cm³/mol. The van der Waals surface area contributed by atoms with Crippen LogP contribution in [0.4, 0.5) is 4.79 Å². The first-order valence-corrected chi connectivity index (χ1v) is 13.8. The van der Waals surface area contributed by atoms with Gasteiger partial charge in [0.25, 0.3) is 0 Å². The van der Waals surface area contributed by atoms with Crippen LogP contribution >= 0.6 is 0 Å². The number of urea groups is 1. The predicted octanol–water partition coefficient (Wildman–Crippen LogP) is 2.76. The van der Waals surface area contributed by atoms with Gasteiger partial charge in [-0.2, -0.15) is 0 Å². The summed E-state index contributed by atoms with van der Waals surface area (Å²) in [6.07, 6.45) is 7.23. The monoisotopic (exact) mass is 494 g/mol. The molecule has 1 aromatic carbocycles. The van der Waals surface area contributed by atoms with Crippen molar-refractivity contribution in [3.8, 4) is 5.75 Å². The van der Waals surface area contributed by atoms with Crippen LogP contribution in [-0.4, -0.2) is 84.5 Å². The second-order valence-electron chi connectivity index (χ2n) is 11.6. The van der Waals surface area contributed by atoms with Gasteiger partial charge in [0.05, 0.1) is 12.5 Å². The maximum absolute atomic E-state index is 13.4. The van der Waals surface area contributed by atoms with Crippen LogP contribution in [-0.2, 0) is 15.0 Å². The number of methoxy groups -OCH3 is 1. The van der Waals surface area contributed by atoms with Crippen molar-refractivity contribution < 1.29 is 19.1 Å². The van der Waals surface area contributed by atoms with Gasteiger partial charge in [-0.3, -0.25) is 9.59 Å². The van der Waals surface area contributed by atoms with Gasteiger partial charge in [0.1, 0.15) is 5.75 Å². The van der Waals surface area contributed by atoms with Crippen molar-refractivity contribution in [1.29, 1.82) is 0 Å². The summed E-state index contributed by atoms with van der Waals surface area (Å²) in [5.41, 5.74) is 0.654. The zero-order valence-electron chi connectivity index (χ0n) is 21.3. The molecule has 194 valence electrons. The molecular weight excluding hydrogens is 456 g/mol. The van der Waals surface area contributed by atoms with Gasteiger partial charge in [0.15, 0.2) is 0 Å². The fraction of sp³-hybridized carbons (Fsp3) is 0.679. The maximum atomic E-state index is 13.4. The molecule has 4 saturated heterocycles. The largest absolute Gasteiger partial charge is 0.497 e. The molecule has 1 saturated carbocycles. The molecule has 0 radical (unpaired) electrons. The molecule has 0 spiro atoms. The van der Waals surface area contributed by atoms with Crippen molar-refractivity contribution in [2.24, 2.45) is 11.8 Å². The zero-order chi connectivity index (χ0) is 24.9. The summed E-state index contributed by atoms with van der Waals surface area (Å²) in [5, 5.41) is 3.30. The van der Waals surface area contributed by atoms with Gasteiger partial charge in [-0.25, -0.2) is 4.79 Å². The number of rotatable bonds is 4. The van der Waals surface area contributed by atoms with E-state index in [2.05, 4.69) is 15.1 Å². The van der Waals surface area contributed by atoms with Crippen molar-refractivity contribution in [2.75, 3.05) is 39.8 Å². The van der Waals surface area contributed by atoms with Crippen LogP contribution in [0.25, 0.3) is 0 Å². The van der Waals surface area contributed by atoms with E-state index >= 15 is 0 Å². The highest BCUT2D eigenvalue weighted by Crippen LogP contribution is 2.49.